The first kappa shape index (κ1) is 12.1. The molecule has 1 N–H and O–H groups in total. The number of nitrogens with one attached hydrogen (secondary N) is 1. The Balaban J connectivity index is 2.60. The van der Waals surface area contributed by atoms with Crippen LogP contribution < -0.4 is 5.32 Å². The van der Waals surface area contributed by atoms with Gasteiger partial charge in [-0.3, -0.25) is 4.79 Å². The van der Waals surface area contributed by atoms with Crippen LogP contribution in [0.2, 0.25) is 0 Å². The Morgan fingerprint density at radius 1 is 1.33 bits per heavy atom. The third kappa shape index (κ3) is 4.38. The standard InChI is InChI=1S/C12H17NOS/c1-9(2)7-10-3-5-11(6-4-10)13-12(14)8-15/h3-6,9,15H,7-8H2,1-2H3,(H,13,14). The van der Waals surface area contributed by atoms with Crippen molar-refractivity contribution in [2.75, 3.05) is 11.1 Å². The van der Waals surface area contributed by atoms with E-state index in [2.05, 4.69) is 31.8 Å². The highest BCUT2D eigenvalue weighted by atomic mass is 32.1. The van der Waals surface area contributed by atoms with Crippen molar-refractivity contribution in [1.29, 1.82) is 0 Å². The van der Waals surface area contributed by atoms with Crippen LogP contribution in [0, 0.1) is 5.92 Å². The maximum Gasteiger partial charge on any atom is 0.234 e. The van der Waals surface area contributed by atoms with E-state index in [0.717, 1.165) is 12.1 Å². The van der Waals surface area contributed by atoms with Gasteiger partial charge in [0.2, 0.25) is 5.91 Å². The van der Waals surface area contributed by atoms with E-state index in [9.17, 15) is 4.79 Å². The SMILES string of the molecule is CC(C)Cc1ccc(NC(=O)CS)cc1. The van der Waals surface area contributed by atoms with Gasteiger partial charge in [0.25, 0.3) is 0 Å². The van der Waals surface area contributed by atoms with Gasteiger partial charge in [0, 0.05) is 5.69 Å². The monoisotopic (exact) mass is 223 g/mol. The predicted molar refractivity (Wildman–Crippen MR) is 67.5 cm³/mol. The molecule has 0 saturated carbocycles. The Hall–Kier alpha value is -0.960. The minimum absolute atomic E-state index is 0.0741. The van der Waals surface area contributed by atoms with Gasteiger partial charge in [-0.25, -0.2) is 0 Å². The second-order valence-electron chi connectivity index (χ2n) is 4.00. The summed E-state index contributed by atoms with van der Waals surface area (Å²) in [6.45, 7) is 4.38. The van der Waals surface area contributed by atoms with Crippen molar-refractivity contribution in [3.63, 3.8) is 0 Å². The van der Waals surface area contributed by atoms with Crippen molar-refractivity contribution in [2.45, 2.75) is 20.3 Å². The zero-order valence-corrected chi connectivity index (χ0v) is 10.1. The molecule has 3 heteroatoms. The van der Waals surface area contributed by atoms with Gasteiger partial charge in [0.05, 0.1) is 5.75 Å². The first-order chi connectivity index (χ1) is 7.11. The number of carbonyl (C=O) groups is 1. The molecule has 0 atom stereocenters. The molecule has 0 aliphatic heterocycles. The number of carbonyl (C=O) groups excluding carboxylic acids is 1. The lowest BCUT2D eigenvalue weighted by Gasteiger charge is -2.07. The third-order valence-corrected chi connectivity index (χ3v) is 2.31. The third-order valence-electron chi connectivity index (χ3n) is 2.03. The van der Waals surface area contributed by atoms with Crippen LogP contribution in [0.4, 0.5) is 5.69 Å². The fourth-order valence-corrected chi connectivity index (χ4v) is 1.48. The van der Waals surface area contributed by atoms with Crippen molar-refractivity contribution in [3.8, 4) is 0 Å². The van der Waals surface area contributed by atoms with Gasteiger partial charge in [-0.2, -0.15) is 12.6 Å². The number of hydrogen-bond donors (Lipinski definition) is 2. The minimum atomic E-state index is -0.0741. The van der Waals surface area contributed by atoms with Crippen LogP contribution in [0.25, 0.3) is 0 Å². The van der Waals surface area contributed by atoms with Crippen LogP contribution in [-0.4, -0.2) is 11.7 Å². The summed E-state index contributed by atoms with van der Waals surface area (Å²) < 4.78 is 0. The van der Waals surface area contributed by atoms with Gasteiger partial charge in [-0.15, -0.1) is 0 Å². The number of rotatable bonds is 4. The number of hydrogen-bond acceptors (Lipinski definition) is 2. The summed E-state index contributed by atoms with van der Waals surface area (Å²) in [7, 11) is 0. The highest BCUT2D eigenvalue weighted by Gasteiger charge is 2.00. The second-order valence-corrected chi connectivity index (χ2v) is 4.32. The van der Waals surface area contributed by atoms with E-state index in [0.29, 0.717) is 5.92 Å². The molecule has 1 aromatic rings. The van der Waals surface area contributed by atoms with E-state index in [4.69, 9.17) is 0 Å². The molecule has 0 spiro atoms. The fraction of sp³-hybridized carbons (Fsp3) is 0.417. The number of amides is 1. The minimum Gasteiger partial charge on any atom is -0.325 e. The van der Waals surface area contributed by atoms with Gasteiger partial charge in [0.1, 0.15) is 0 Å². The Morgan fingerprint density at radius 3 is 2.40 bits per heavy atom. The first-order valence-electron chi connectivity index (χ1n) is 5.11. The molecule has 0 aromatic heterocycles. The molecule has 0 aliphatic carbocycles. The lowest BCUT2D eigenvalue weighted by atomic mass is 10.0. The van der Waals surface area contributed by atoms with Gasteiger partial charge in [-0.05, 0) is 30.0 Å². The van der Waals surface area contributed by atoms with Crippen molar-refractivity contribution < 1.29 is 4.79 Å². The highest BCUT2D eigenvalue weighted by molar-refractivity contribution is 7.81. The average Bonchev–Trinajstić information content (AvgIpc) is 2.20. The van der Waals surface area contributed by atoms with Gasteiger partial charge >= 0.3 is 0 Å². The molecule has 0 heterocycles. The molecule has 0 bridgehead atoms. The molecule has 0 fully saturated rings. The summed E-state index contributed by atoms with van der Waals surface area (Å²) in [5, 5.41) is 2.76. The second kappa shape index (κ2) is 5.81. The molecule has 0 aliphatic rings. The average molecular weight is 223 g/mol. The number of benzene rings is 1. The van der Waals surface area contributed by atoms with Crippen LogP contribution in [0.3, 0.4) is 0 Å². The Morgan fingerprint density at radius 2 is 1.93 bits per heavy atom. The predicted octanol–water partition coefficient (Wildman–Crippen LogP) is 2.75. The van der Waals surface area contributed by atoms with Crippen LogP contribution in [0.5, 0.6) is 0 Å². The van der Waals surface area contributed by atoms with E-state index < -0.39 is 0 Å². The maximum atomic E-state index is 11.1. The maximum absolute atomic E-state index is 11.1. The van der Waals surface area contributed by atoms with Crippen LogP contribution in [-0.2, 0) is 11.2 Å². The smallest absolute Gasteiger partial charge is 0.234 e. The highest BCUT2D eigenvalue weighted by Crippen LogP contribution is 2.12. The normalized spacial score (nSPS) is 10.4. The topological polar surface area (TPSA) is 29.1 Å². The van der Waals surface area contributed by atoms with Crippen LogP contribution in [0.15, 0.2) is 24.3 Å². The number of anilines is 1. The molecule has 15 heavy (non-hydrogen) atoms. The first-order valence-corrected chi connectivity index (χ1v) is 5.74. The Kier molecular flexibility index (Phi) is 4.69. The van der Waals surface area contributed by atoms with Crippen molar-refractivity contribution in [1.82, 2.24) is 0 Å². The summed E-state index contributed by atoms with van der Waals surface area (Å²) in [6.07, 6.45) is 1.07. The lowest BCUT2D eigenvalue weighted by molar-refractivity contribution is -0.113. The summed E-state index contributed by atoms with van der Waals surface area (Å²) in [5.74, 6) is 0.797. The zero-order valence-electron chi connectivity index (χ0n) is 9.16. The molecule has 0 radical (unpaired) electrons. The van der Waals surface area contributed by atoms with Gasteiger partial charge in [-0.1, -0.05) is 26.0 Å². The zero-order chi connectivity index (χ0) is 11.3. The van der Waals surface area contributed by atoms with Crippen molar-refractivity contribution in [2.24, 2.45) is 5.92 Å². The summed E-state index contributed by atoms with van der Waals surface area (Å²) in [6, 6.07) is 7.96. The van der Waals surface area contributed by atoms with Crippen molar-refractivity contribution in [3.05, 3.63) is 29.8 Å². The van der Waals surface area contributed by atoms with E-state index in [-0.39, 0.29) is 11.7 Å². The summed E-state index contributed by atoms with van der Waals surface area (Å²) >= 11 is 3.90. The largest absolute Gasteiger partial charge is 0.325 e. The van der Waals surface area contributed by atoms with Crippen LogP contribution >= 0.6 is 12.6 Å². The molecule has 0 unspecified atom stereocenters. The molecular formula is C12H17NOS. The quantitative estimate of drug-likeness (QED) is 0.755. The molecular weight excluding hydrogens is 206 g/mol. The molecule has 1 aromatic carbocycles. The summed E-state index contributed by atoms with van der Waals surface area (Å²) in [5.41, 5.74) is 2.13. The van der Waals surface area contributed by atoms with Crippen LogP contribution in [0.1, 0.15) is 19.4 Å². The Bertz CT molecular complexity index is 319. The van der Waals surface area contributed by atoms with E-state index in [1.54, 1.807) is 0 Å². The molecule has 1 rings (SSSR count). The van der Waals surface area contributed by atoms with Gasteiger partial charge < -0.3 is 5.32 Å². The van der Waals surface area contributed by atoms with Crippen molar-refractivity contribution >= 4 is 24.2 Å². The van der Waals surface area contributed by atoms with E-state index in [1.165, 1.54) is 5.56 Å². The number of thiol groups is 1. The molecule has 1 amide bonds. The molecule has 0 saturated heterocycles. The summed E-state index contributed by atoms with van der Waals surface area (Å²) in [4.78, 5) is 11.1. The molecule has 82 valence electrons. The Labute approximate surface area is 96.5 Å². The fourth-order valence-electron chi connectivity index (χ4n) is 1.40. The van der Waals surface area contributed by atoms with Gasteiger partial charge in [0.15, 0.2) is 0 Å². The van der Waals surface area contributed by atoms with E-state index >= 15 is 0 Å². The van der Waals surface area contributed by atoms with E-state index in [1.807, 2.05) is 24.3 Å². The molecule has 2 nitrogen and oxygen atoms in total. The lowest BCUT2D eigenvalue weighted by Crippen LogP contribution is -2.12.